The molecule has 7 N–H and O–H groups in total. The molecular weight excluding hydrogens is 467 g/mol. The molecule has 0 aliphatic carbocycles. The molecule has 18 nitrogen and oxygen atoms in total. The topological polar surface area (TPSA) is 265 Å². The minimum Gasteiger partial charge on any atom is -0.454 e. The van der Waals surface area contributed by atoms with Gasteiger partial charge in [-0.15, -0.1) is 0 Å². The Morgan fingerprint density at radius 3 is 2.94 bits per heavy atom. The van der Waals surface area contributed by atoms with Crippen molar-refractivity contribution in [2.45, 2.75) is 36.5 Å². The molecule has 0 radical (unpaired) electrons. The number of nitrogens with two attached hydrogens (primary N) is 1. The molecule has 2 aliphatic heterocycles. The number of nitrogen functional groups attached to an aromatic ring is 1. The van der Waals surface area contributed by atoms with Gasteiger partial charge in [-0.1, -0.05) is 0 Å². The number of hydrogen-bond acceptors (Lipinski definition) is 13. The number of nitrogens with zero attached hydrogens (tertiary/aromatic N) is 7. The van der Waals surface area contributed by atoms with Crippen molar-refractivity contribution in [2.75, 3.05) is 18.9 Å². The number of ether oxygens (including phenoxy) is 2. The molecule has 19 heteroatoms. The van der Waals surface area contributed by atoms with Crippen molar-refractivity contribution in [3.63, 3.8) is 0 Å². The summed E-state index contributed by atoms with van der Waals surface area (Å²) in [5.41, 5.74) is 14.7. The standard InChI is InChI=1S/C14H19N10O8P/c15-10-7-12(19-3-18-10)24(4-20-7)13-8(25)9(5(31-13)2-30-23-22-16)32-14(26)11-17-1-6(21-11)33(27,28)29/h3-6,8-9,11,13,17,21,25H,1-2H2,(H2,15,18,19)(H2,27,28,29)/t5-,6?,8-,9-,11?,13-/m1/s1. The van der Waals surface area contributed by atoms with Crippen LogP contribution in [0.4, 0.5) is 5.82 Å². The summed E-state index contributed by atoms with van der Waals surface area (Å²) in [4.78, 5) is 50.4. The molecule has 2 unspecified atom stereocenters. The molecule has 178 valence electrons. The van der Waals surface area contributed by atoms with Crippen LogP contribution in [0.15, 0.2) is 17.9 Å². The highest BCUT2D eigenvalue weighted by molar-refractivity contribution is 7.52. The van der Waals surface area contributed by atoms with Crippen molar-refractivity contribution in [3.8, 4) is 0 Å². The molecule has 2 aromatic heterocycles. The molecule has 33 heavy (non-hydrogen) atoms. The van der Waals surface area contributed by atoms with Gasteiger partial charge in [0.1, 0.15) is 41.7 Å². The van der Waals surface area contributed by atoms with Crippen molar-refractivity contribution in [3.05, 3.63) is 23.1 Å². The van der Waals surface area contributed by atoms with Crippen molar-refractivity contribution >= 4 is 30.5 Å². The van der Waals surface area contributed by atoms with Crippen LogP contribution in [0.3, 0.4) is 0 Å². The van der Waals surface area contributed by atoms with E-state index in [0.29, 0.717) is 0 Å². The minimum atomic E-state index is -4.49. The van der Waals surface area contributed by atoms with Gasteiger partial charge in [-0.3, -0.25) is 19.8 Å². The van der Waals surface area contributed by atoms with E-state index in [0.717, 1.165) is 0 Å². The highest BCUT2D eigenvalue weighted by Crippen LogP contribution is 2.41. The van der Waals surface area contributed by atoms with Crippen LogP contribution in [0.25, 0.3) is 21.6 Å². The van der Waals surface area contributed by atoms with Crippen molar-refractivity contribution < 1.29 is 38.6 Å². The number of esters is 1. The average molecular weight is 486 g/mol. The maximum Gasteiger partial charge on any atom is 0.343 e. The first-order valence-electron chi connectivity index (χ1n) is 9.38. The maximum absolute atomic E-state index is 12.6. The highest BCUT2D eigenvalue weighted by Gasteiger charge is 2.49. The number of carbonyl (C=O) groups excluding carboxylic acids is 1. The number of hydrogen-bond donors (Lipinski definition) is 6. The first-order valence-corrected chi connectivity index (χ1v) is 11.1. The second-order valence-corrected chi connectivity index (χ2v) is 8.92. The van der Waals surface area contributed by atoms with Gasteiger partial charge in [0.05, 0.1) is 6.33 Å². The lowest BCUT2D eigenvalue weighted by Gasteiger charge is -2.22. The Bertz CT molecular complexity index is 1130. The zero-order chi connectivity index (χ0) is 23.8. The molecule has 0 aromatic carbocycles. The van der Waals surface area contributed by atoms with E-state index in [1.165, 1.54) is 17.2 Å². The number of aliphatic hydroxyl groups excluding tert-OH is 1. The highest BCUT2D eigenvalue weighted by atomic mass is 31.2. The molecule has 4 rings (SSSR count). The summed E-state index contributed by atoms with van der Waals surface area (Å²) in [6.45, 7) is -0.558. The lowest BCUT2D eigenvalue weighted by molar-refractivity contribution is -0.160. The van der Waals surface area contributed by atoms with E-state index < -0.39 is 50.1 Å². The van der Waals surface area contributed by atoms with Crippen molar-refractivity contribution in [2.24, 2.45) is 5.28 Å². The molecule has 2 aliphatic rings. The number of nitrogens with one attached hydrogen (secondary N) is 2. The number of fused-ring (bicyclic) bond motifs is 1. The van der Waals surface area contributed by atoms with Gasteiger partial charge in [-0.25, -0.2) is 19.7 Å². The van der Waals surface area contributed by atoms with Gasteiger partial charge in [0.15, 0.2) is 30.0 Å². The smallest absolute Gasteiger partial charge is 0.343 e. The Labute approximate surface area is 183 Å². The van der Waals surface area contributed by atoms with Crippen LogP contribution in [0, 0.1) is 0 Å². The first kappa shape index (κ1) is 23.1. The van der Waals surface area contributed by atoms with E-state index >= 15 is 0 Å². The molecule has 2 aromatic rings. The van der Waals surface area contributed by atoms with E-state index in [9.17, 15) is 24.3 Å². The van der Waals surface area contributed by atoms with Crippen LogP contribution < -0.4 is 16.4 Å². The Kier molecular flexibility index (Phi) is 6.33. The van der Waals surface area contributed by atoms with Crippen LogP contribution in [0.2, 0.25) is 0 Å². The molecule has 0 saturated carbocycles. The van der Waals surface area contributed by atoms with Crippen LogP contribution in [0.5, 0.6) is 0 Å². The summed E-state index contributed by atoms with van der Waals surface area (Å²) in [5.74, 6) is -2.12. The second-order valence-electron chi connectivity index (χ2n) is 7.12. The fraction of sp³-hybridized carbons (Fsp3) is 0.571. The molecule has 2 fully saturated rings. The van der Waals surface area contributed by atoms with Crippen LogP contribution in [0.1, 0.15) is 6.23 Å². The van der Waals surface area contributed by atoms with E-state index in [1.807, 2.05) is 0 Å². The van der Waals surface area contributed by atoms with Gasteiger partial charge in [0.2, 0.25) is 0 Å². The summed E-state index contributed by atoms with van der Waals surface area (Å²) < 4.78 is 23.9. The number of imidazole rings is 1. The Hall–Kier alpha value is -3.08. The third-order valence-electron chi connectivity index (χ3n) is 5.07. The van der Waals surface area contributed by atoms with E-state index in [1.54, 1.807) is 0 Å². The molecule has 0 spiro atoms. The van der Waals surface area contributed by atoms with E-state index in [4.69, 9.17) is 25.6 Å². The number of azide groups is 1. The number of anilines is 1. The SMILES string of the molecule is [N-]=[N+]=NOC[C@H]1O[C@@H](n2cnc3c(N)ncnc32)[C@H](O)[C@@H]1OC(=O)C1NCC(P(=O)(O)O)N1. The van der Waals surface area contributed by atoms with Gasteiger partial charge < -0.3 is 34.9 Å². The second kappa shape index (κ2) is 9.05. The monoisotopic (exact) mass is 486 g/mol. The molecule has 2 saturated heterocycles. The quantitative estimate of drug-likeness (QED) is 0.0608. The third kappa shape index (κ3) is 4.54. The Balaban J connectivity index is 1.54. The zero-order valence-electron chi connectivity index (χ0n) is 16.6. The van der Waals surface area contributed by atoms with E-state index in [2.05, 4.69) is 35.8 Å². The lowest BCUT2D eigenvalue weighted by atomic mass is 10.1. The minimum absolute atomic E-state index is 0.107. The van der Waals surface area contributed by atoms with Gasteiger partial charge in [-0.2, -0.15) is 0 Å². The van der Waals surface area contributed by atoms with Crippen LogP contribution >= 0.6 is 7.60 Å². The number of aliphatic hydroxyl groups is 1. The predicted octanol–water partition coefficient (Wildman–Crippen LogP) is -2.16. The summed E-state index contributed by atoms with van der Waals surface area (Å²) in [7, 11) is -4.49. The average Bonchev–Trinajstić information content (AvgIpc) is 3.48. The van der Waals surface area contributed by atoms with Crippen LogP contribution in [-0.4, -0.2) is 83.8 Å². The summed E-state index contributed by atoms with van der Waals surface area (Å²) in [5, 5.41) is 18.9. The molecule has 4 heterocycles. The molecule has 0 bridgehead atoms. The largest absolute Gasteiger partial charge is 0.454 e. The number of rotatable bonds is 7. The summed E-state index contributed by atoms with van der Waals surface area (Å²) in [6.07, 6.45) is -3.74. The Morgan fingerprint density at radius 2 is 2.24 bits per heavy atom. The number of aromatic nitrogens is 4. The van der Waals surface area contributed by atoms with Gasteiger partial charge in [0, 0.05) is 11.5 Å². The van der Waals surface area contributed by atoms with Gasteiger partial charge in [0.25, 0.3) is 0 Å². The number of carbonyl (C=O) groups is 1. The lowest BCUT2D eigenvalue weighted by Crippen LogP contribution is -2.47. The van der Waals surface area contributed by atoms with Gasteiger partial charge in [-0.05, 0) is 5.53 Å². The first-order chi connectivity index (χ1) is 15.7. The summed E-state index contributed by atoms with van der Waals surface area (Å²) >= 11 is 0. The van der Waals surface area contributed by atoms with Crippen LogP contribution in [-0.2, 0) is 23.7 Å². The zero-order valence-corrected chi connectivity index (χ0v) is 17.5. The van der Waals surface area contributed by atoms with Gasteiger partial charge >= 0.3 is 13.6 Å². The molecule has 0 amide bonds. The fourth-order valence-corrected chi connectivity index (χ4v) is 4.21. The molecular formula is C14H19N10O8P. The molecule has 6 atom stereocenters. The fourth-order valence-electron chi connectivity index (χ4n) is 3.53. The van der Waals surface area contributed by atoms with E-state index in [-0.39, 0.29) is 30.1 Å². The van der Waals surface area contributed by atoms with Crippen molar-refractivity contribution in [1.82, 2.24) is 30.2 Å². The van der Waals surface area contributed by atoms with Crippen molar-refractivity contribution in [1.29, 1.82) is 0 Å². The summed E-state index contributed by atoms with van der Waals surface area (Å²) in [6, 6.07) is 0. The maximum atomic E-state index is 12.6. The third-order valence-corrected chi connectivity index (χ3v) is 6.22. The Morgan fingerprint density at radius 1 is 1.45 bits per heavy atom. The predicted molar refractivity (Wildman–Crippen MR) is 105 cm³/mol. The normalized spacial score (nSPS) is 29.7.